The molecule has 6 heteroatoms. The van der Waals surface area contributed by atoms with Crippen LogP contribution < -0.4 is 15.4 Å². The second-order valence-electron chi connectivity index (χ2n) is 4.76. The van der Waals surface area contributed by atoms with Crippen molar-refractivity contribution >= 4 is 5.91 Å². The topological polar surface area (TPSA) is 59.6 Å². The number of amides is 1. The van der Waals surface area contributed by atoms with Gasteiger partial charge in [-0.2, -0.15) is 0 Å². The molecule has 1 aromatic rings. The zero-order chi connectivity index (χ0) is 15.7. The quantitative estimate of drug-likeness (QED) is 0.725. The van der Waals surface area contributed by atoms with Gasteiger partial charge in [0.15, 0.2) is 18.2 Å². The first kappa shape index (κ1) is 17.4. The van der Waals surface area contributed by atoms with Gasteiger partial charge < -0.3 is 20.1 Å². The van der Waals surface area contributed by atoms with Crippen LogP contribution in [0.1, 0.15) is 19.4 Å². The van der Waals surface area contributed by atoms with Gasteiger partial charge >= 0.3 is 0 Å². The van der Waals surface area contributed by atoms with Crippen molar-refractivity contribution in [2.45, 2.75) is 26.4 Å². The van der Waals surface area contributed by atoms with Gasteiger partial charge in [0.1, 0.15) is 0 Å². The molecule has 0 saturated carbocycles. The van der Waals surface area contributed by atoms with Gasteiger partial charge in [-0.1, -0.05) is 13.0 Å². The molecule has 0 saturated heterocycles. The molecule has 0 aliphatic heterocycles. The maximum atomic E-state index is 13.8. The number of hydrogen-bond donors (Lipinski definition) is 2. The Morgan fingerprint density at radius 2 is 2.19 bits per heavy atom. The van der Waals surface area contributed by atoms with Crippen LogP contribution in [-0.2, 0) is 16.1 Å². The monoisotopic (exact) mass is 298 g/mol. The van der Waals surface area contributed by atoms with Crippen LogP contribution in [0.25, 0.3) is 0 Å². The predicted octanol–water partition coefficient (Wildman–Crippen LogP) is 1.47. The summed E-state index contributed by atoms with van der Waals surface area (Å²) in [7, 11) is 1.56. The Balaban J connectivity index is 2.46. The number of rotatable bonds is 9. The molecule has 1 rings (SSSR count). The molecule has 1 unspecified atom stereocenters. The van der Waals surface area contributed by atoms with Gasteiger partial charge in [0.25, 0.3) is 5.91 Å². The molecule has 0 bridgehead atoms. The second-order valence-corrected chi connectivity index (χ2v) is 4.76. The van der Waals surface area contributed by atoms with Crippen molar-refractivity contribution in [2.75, 3.05) is 26.9 Å². The summed E-state index contributed by atoms with van der Waals surface area (Å²) in [4.78, 5) is 11.6. The maximum absolute atomic E-state index is 13.8. The van der Waals surface area contributed by atoms with Gasteiger partial charge in [0.2, 0.25) is 0 Å². The third-order valence-corrected chi connectivity index (χ3v) is 2.76. The lowest BCUT2D eigenvalue weighted by molar-refractivity contribution is -0.124. The van der Waals surface area contributed by atoms with Crippen LogP contribution in [-0.4, -0.2) is 38.8 Å². The molecule has 0 fully saturated rings. The number of nitrogens with one attached hydrogen (secondary N) is 2. The van der Waals surface area contributed by atoms with Crippen LogP contribution in [0.15, 0.2) is 18.2 Å². The van der Waals surface area contributed by atoms with E-state index in [-0.39, 0.29) is 24.3 Å². The minimum absolute atomic E-state index is 0.0739. The number of benzene rings is 1. The number of ether oxygens (including phenoxy) is 2. The zero-order valence-electron chi connectivity index (χ0n) is 12.7. The average Bonchev–Trinajstić information content (AvgIpc) is 2.44. The van der Waals surface area contributed by atoms with E-state index >= 15 is 0 Å². The minimum Gasteiger partial charge on any atom is -0.481 e. The molecule has 2 N–H and O–H groups in total. The summed E-state index contributed by atoms with van der Waals surface area (Å²) >= 11 is 0. The lowest BCUT2D eigenvalue weighted by atomic mass is 10.2. The lowest BCUT2D eigenvalue weighted by Crippen LogP contribution is -2.38. The first-order chi connectivity index (χ1) is 10.1. The summed E-state index contributed by atoms with van der Waals surface area (Å²) in [5, 5.41) is 5.80. The molecule has 0 spiro atoms. The fraction of sp³-hybridized carbons (Fsp3) is 0.533. The molecule has 1 amide bonds. The van der Waals surface area contributed by atoms with Crippen molar-refractivity contribution in [2.24, 2.45) is 0 Å². The lowest BCUT2D eigenvalue weighted by Gasteiger charge is -2.13. The summed E-state index contributed by atoms with van der Waals surface area (Å²) in [5.74, 6) is -0.705. The molecule has 1 atom stereocenters. The fourth-order valence-electron chi connectivity index (χ4n) is 1.79. The Bertz CT molecular complexity index is 455. The van der Waals surface area contributed by atoms with Crippen LogP contribution in [0, 0.1) is 5.82 Å². The molecule has 0 heterocycles. The van der Waals surface area contributed by atoms with Crippen molar-refractivity contribution in [3.8, 4) is 5.75 Å². The van der Waals surface area contributed by atoms with E-state index in [2.05, 4.69) is 10.6 Å². The summed E-state index contributed by atoms with van der Waals surface area (Å²) in [6.45, 7) is 5.41. The summed E-state index contributed by atoms with van der Waals surface area (Å²) < 4.78 is 23.9. The van der Waals surface area contributed by atoms with Gasteiger partial charge in [0.05, 0.1) is 6.61 Å². The number of halogens is 1. The Morgan fingerprint density at radius 3 is 2.81 bits per heavy atom. The number of carbonyl (C=O) groups excluding carboxylic acids is 1. The third kappa shape index (κ3) is 6.55. The molecule has 0 aromatic heterocycles. The van der Waals surface area contributed by atoms with Crippen molar-refractivity contribution in [1.29, 1.82) is 0 Å². The normalized spacial score (nSPS) is 12.0. The number of carbonyl (C=O) groups is 1. The average molecular weight is 298 g/mol. The molecule has 118 valence electrons. The van der Waals surface area contributed by atoms with Crippen molar-refractivity contribution in [3.05, 3.63) is 29.6 Å². The van der Waals surface area contributed by atoms with Crippen LogP contribution in [0.5, 0.6) is 5.75 Å². The zero-order valence-corrected chi connectivity index (χ0v) is 12.7. The maximum Gasteiger partial charge on any atom is 0.258 e. The second kappa shape index (κ2) is 9.31. The SMILES string of the molecule is CCNCc1ccc(OCC(=O)NC(C)COC)c(F)c1. The largest absolute Gasteiger partial charge is 0.481 e. The van der Waals surface area contributed by atoms with Gasteiger partial charge in [0, 0.05) is 19.7 Å². The highest BCUT2D eigenvalue weighted by Gasteiger charge is 2.10. The first-order valence-corrected chi connectivity index (χ1v) is 6.97. The molecule has 0 radical (unpaired) electrons. The highest BCUT2D eigenvalue weighted by atomic mass is 19.1. The van der Waals surface area contributed by atoms with Gasteiger partial charge in [-0.05, 0) is 31.2 Å². The van der Waals surface area contributed by atoms with Crippen LogP contribution >= 0.6 is 0 Å². The van der Waals surface area contributed by atoms with E-state index in [1.165, 1.54) is 12.1 Å². The molecule has 21 heavy (non-hydrogen) atoms. The van der Waals surface area contributed by atoms with Crippen LogP contribution in [0.4, 0.5) is 4.39 Å². The fourth-order valence-corrected chi connectivity index (χ4v) is 1.79. The van der Waals surface area contributed by atoms with Crippen molar-refractivity contribution < 1.29 is 18.7 Å². The van der Waals surface area contributed by atoms with E-state index < -0.39 is 5.82 Å². The molecule has 5 nitrogen and oxygen atoms in total. The highest BCUT2D eigenvalue weighted by Crippen LogP contribution is 2.18. The summed E-state index contributed by atoms with van der Waals surface area (Å²) in [6.07, 6.45) is 0. The van der Waals surface area contributed by atoms with E-state index in [4.69, 9.17) is 9.47 Å². The Hall–Kier alpha value is -1.66. The predicted molar refractivity (Wildman–Crippen MR) is 78.8 cm³/mol. The first-order valence-electron chi connectivity index (χ1n) is 6.97. The number of hydrogen-bond acceptors (Lipinski definition) is 4. The Labute approximate surface area is 124 Å². The molecular weight excluding hydrogens is 275 g/mol. The van der Waals surface area contributed by atoms with E-state index in [0.717, 1.165) is 12.1 Å². The van der Waals surface area contributed by atoms with E-state index in [1.54, 1.807) is 13.2 Å². The van der Waals surface area contributed by atoms with E-state index in [1.807, 2.05) is 13.8 Å². The van der Waals surface area contributed by atoms with Gasteiger partial charge in [-0.25, -0.2) is 4.39 Å². The Kier molecular flexibility index (Phi) is 7.71. The standard InChI is InChI=1S/C15H23FN2O3/c1-4-17-8-12-5-6-14(13(16)7-12)21-10-15(19)18-11(2)9-20-3/h5-7,11,17H,4,8-10H2,1-3H3,(H,18,19). The minimum atomic E-state index is -0.469. The van der Waals surface area contributed by atoms with Crippen LogP contribution in [0.3, 0.4) is 0 Å². The third-order valence-electron chi connectivity index (χ3n) is 2.76. The molecule has 0 aliphatic rings. The van der Waals surface area contributed by atoms with Gasteiger partial charge in [-0.3, -0.25) is 4.79 Å². The number of methoxy groups -OCH3 is 1. The van der Waals surface area contributed by atoms with E-state index in [9.17, 15) is 9.18 Å². The molecule has 1 aromatic carbocycles. The summed E-state index contributed by atoms with van der Waals surface area (Å²) in [6, 6.07) is 4.60. The van der Waals surface area contributed by atoms with Crippen LogP contribution in [0.2, 0.25) is 0 Å². The Morgan fingerprint density at radius 1 is 1.43 bits per heavy atom. The smallest absolute Gasteiger partial charge is 0.258 e. The molecular formula is C15H23FN2O3. The van der Waals surface area contributed by atoms with Gasteiger partial charge in [-0.15, -0.1) is 0 Å². The van der Waals surface area contributed by atoms with Crippen molar-refractivity contribution in [3.63, 3.8) is 0 Å². The molecule has 0 aliphatic carbocycles. The van der Waals surface area contributed by atoms with Crippen molar-refractivity contribution in [1.82, 2.24) is 10.6 Å². The highest BCUT2D eigenvalue weighted by molar-refractivity contribution is 5.77. The summed E-state index contributed by atoms with van der Waals surface area (Å²) in [5.41, 5.74) is 0.833. The van der Waals surface area contributed by atoms with E-state index in [0.29, 0.717) is 13.2 Å².